The number of hydrogen-bond donors (Lipinski definition) is 2. The lowest BCUT2D eigenvalue weighted by atomic mass is 10.0. The fraction of sp³-hybridized carbons (Fsp3) is 0.818. The first-order valence-electron chi connectivity index (χ1n) is 5.96. The summed E-state index contributed by atoms with van der Waals surface area (Å²) in [5.41, 5.74) is 5.70. The van der Waals surface area contributed by atoms with E-state index in [1.165, 1.54) is 0 Å². The first-order chi connectivity index (χ1) is 7.59. The second kappa shape index (κ2) is 4.41. The number of rotatable bonds is 3. The molecule has 1 aliphatic carbocycles. The van der Waals surface area contributed by atoms with E-state index in [-0.39, 0.29) is 17.9 Å². The van der Waals surface area contributed by atoms with Crippen LogP contribution in [0.25, 0.3) is 0 Å². The van der Waals surface area contributed by atoms with Crippen LogP contribution in [0.3, 0.4) is 0 Å². The number of carbonyl (C=O) groups excluding carboxylic acids is 2. The average molecular weight is 225 g/mol. The van der Waals surface area contributed by atoms with Crippen LogP contribution in [0.2, 0.25) is 0 Å². The predicted octanol–water partition coefficient (Wildman–Crippen LogP) is -0.397. The van der Waals surface area contributed by atoms with Gasteiger partial charge >= 0.3 is 0 Å². The van der Waals surface area contributed by atoms with Crippen molar-refractivity contribution >= 4 is 11.8 Å². The highest BCUT2D eigenvalue weighted by molar-refractivity contribution is 5.90. The Labute approximate surface area is 95.3 Å². The molecular formula is C11H19N3O2. The van der Waals surface area contributed by atoms with Crippen LogP contribution in [0.4, 0.5) is 0 Å². The van der Waals surface area contributed by atoms with Crippen LogP contribution in [0.15, 0.2) is 0 Å². The third-order valence-corrected chi connectivity index (χ3v) is 3.29. The first kappa shape index (κ1) is 11.4. The van der Waals surface area contributed by atoms with Gasteiger partial charge in [-0.3, -0.25) is 9.59 Å². The summed E-state index contributed by atoms with van der Waals surface area (Å²) in [6, 6.07) is -0.479. The lowest BCUT2D eigenvalue weighted by Crippen LogP contribution is -2.56. The first-order valence-corrected chi connectivity index (χ1v) is 5.96. The molecule has 2 atom stereocenters. The van der Waals surface area contributed by atoms with E-state index in [0.717, 1.165) is 25.7 Å². The molecular weight excluding hydrogens is 206 g/mol. The minimum Gasteiger partial charge on any atom is -0.352 e. The second-order valence-corrected chi connectivity index (χ2v) is 4.74. The van der Waals surface area contributed by atoms with E-state index >= 15 is 0 Å². The largest absolute Gasteiger partial charge is 0.352 e. The monoisotopic (exact) mass is 225 g/mol. The maximum Gasteiger partial charge on any atom is 0.242 e. The molecule has 1 heterocycles. The van der Waals surface area contributed by atoms with Gasteiger partial charge in [-0.1, -0.05) is 0 Å². The van der Waals surface area contributed by atoms with Crippen molar-refractivity contribution in [1.82, 2.24) is 10.2 Å². The molecule has 1 aliphatic heterocycles. The molecule has 2 amide bonds. The van der Waals surface area contributed by atoms with Crippen molar-refractivity contribution in [1.29, 1.82) is 0 Å². The number of nitrogens with one attached hydrogen (secondary N) is 1. The summed E-state index contributed by atoms with van der Waals surface area (Å²) in [5.74, 6) is -0.144. The molecule has 2 fully saturated rings. The lowest BCUT2D eigenvalue weighted by molar-refractivity contribution is -0.143. The molecule has 1 saturated carbocycles. The van der Waals surface area contributed by atoms with Crippen LogP contribution >= 0.6 is 0 Å². The molecule has 2 rings (SSSR count). The Morgan fingerprint density at radius 1 is 1.50 bits per heavy atom. The van der Waals surface area contributed by atoms with Gasteiger partial charge in [-0.2, -0.15) is 0 Å². The van der Waals surface area contributed by atoms with Gasteiger partial charge < -0.3 is 16.0 Å². The maximum atomic E-state index is 11.8. The number of nitrogens with zero attached hydrogens (tertiary/aromatic N) is 1. The summed E-state index contributed by atoms with van der Waals surface area (Å²) in [6.07, 6.45) is 3.73. The van der Waals surface area contributed by atoms with Gasteiger partial charge in [0.2, 0.25) is 11.8 Å². The highest BCUT2D eigenvalue weighted by Crippen LogP contribution is 2.20. The Kier molecular flexibility index (Phi) is 3.14. The zero-order chi connectivity index (χ0) is 11.7. The van der Waals surface area contributed by atoms with E-state index in [0.29, 0.717) is 12.6 Å². The Bertz CT molecular complexity index is 302. The van der Waals surface area contributed by atoms with Gasteiger partial charge in [-0.25, -0.2) is 0 Å². The van der Waals surface area contributed by atoms with E-state index in [1.807, 2.05) is 0 Å². The van der Waals surface area contributed by atoms with Crippen molar-refractivity contribution in [2.24, 2.45) is 5.73 Å². The third kappa shape index (κ3) is 2.35. The lowest BCUT2D eigenvalue weighted by Gasteiger charge is -2.34. The second-order valence-electron chi connectivity index (χ2n) is 4.74. The Balaban J connectivity index is 1.93. The Morgan fingerprint density at radius 2 is 2.19 bits per heavy atom. The Hall–Kier alpha value is -1.10. The minimum atomic E-state index is -0.426. The molecule has 90 valence electrons. The molecule has 1 saturated heterocycles. The fourth-order valence-corrected chi connectivity index (χ4v) is 2.00. The quantitative estimate of drug-likeness (QED) is 0.686. The number of likely N-dealkylation sites (tertiary alicyclic amines) is 1. The number of hydrogen-bond acceptors (Lipinski definition) is 3. The van der Waals surface area contributed by atoms with Crippen molar-refractivity contribution < 1.29 is 9.59 Å². The molecule has 0 radical (unpaired) electrons. The molecule has 3 N–H and O–H groups in total. The summed E-state index contributed by atoms with van der Waals surface area (Å²) in [7, 11) is 0. The van der Waals surface area contributed by atoms with Crippen LogP contribution in [0, 0.1) is 0 Å². The fourth-order valence-electron chi connectivity index (χ4n) is 2.00. The van der Waals surface area contributed by atoms with E-state index in [1.54, 1.807) is 11.8 Å². The van der Waals surface area contributed by atoms with Crippen molar-refractivity contribution in [3.8, 4) is 0 Å². The van der Waals surface area contributed by atoms with Crippen molar-refractivity contribution in [3.05, 3.63) is 0 Å². The number of carbonyl (C=O) groups is 2. The highest BCUT2D eigenvalue weighted by atomic mass is 16.2. The number of amides is 2. The number of piperidine rings is 1. The third-order valence-electron chi connectivity index (χ3n) is 3.29. The molecule has 0 aromatic carbocycles. The standard InChI is InChI=1S/C11H19N3O2/c1-7(10(15)13-8-4-5-8)14-6-2-3-9(12)11(14)16/h7-9H,2-6,12H2,1H3,(H,13,15)/t7-,9-/m1/s1. The predicted molar refractivity (Wildman–Crippen MR) is 59.5 cm³/mol. The molecule has 0 unspecified atom stereocenters. The molecule has 0 bridgehead atoms. The molecule has 0 aromatic rings. The van der Waals surface area contributed by atoms with Gasteiger partial charge in [0.05, 0.1) is 6.04 Å². The van der Waals surface area contributed by atoms with E-state index < -0.39 is 6.04 Å². The van der Waals surface area contributed by atoms with Crippen molar-refractivity contribution in [2.75, 3.05) is 6.54 Å². The molecule has 0 spiro atoms. The van der Waals surface area contributed by atoms with Crippen LogP contribution < -0.4 is 11.1 Å². The summed E-state index contributed by atoms with van der Waals surface area (Å²) >= 11 is 0. The van der Waals surface area contributed by atoms with Gasteiger partial charge in [0.25, 0.3) is 0 Å². The zero-order valence-corrected chi connectivity index (χ0v) is 9.61. The van der Waals surface area contributed by atoms with Crippen LogP contribution in [0.1, 0.15) is 32.6 Å². The molecule has 5 nitrogen and oxygen atoms in total. The van der Waals surface area contributed by atoms with Crippen LogP contribution in [-0.2, 0) is 9.59 Å². The normalized spacial score (nSPS) is 27.8. The SMILES string of the molecule is C[C@H](C(=O)NC1CC1)N1CCC[C@@H](N)C1=O. The molecule has 0 aromatic heterocycles. The number of nitrogens with two attached hydrogens (primary N) is 1. The van der Waals surface area contributed by atoms with Crippen molar-refractivity contribution in [3.63, 3.8) is 0 Å². The topological polar surface area (TPSA) is 75.4 Å². The smallest absolute Gasteiger partial charge is 0.242 e. The van der Waals surface area contributed by atoms with Crippen molar-refractivity contribution in [2.45, 2.75) is 50.7 Å². The molecule has 16 heavy (non-hydrogen) atoms. The van der Waals surface area contributed by atoms with Crippen LogP contribution in [0.5, 0.6) is 0 Å². The summed E-state index contributed by atoms with van der Waals surface area (Å²) in [4.78, 5) is 25.2. The molecule has 2 aliphatic rings. The van der Waals surface area contributed by atoms with E-state index in [9.17, 15) is 9.59 Å². The summed E-state index contributed by atoms with van der Waals surface area (Å²) in [5, 5.41) is 2.91. The average Bonchev–Trinajstić information content (AvgIpc) is 3.05. The molecule has 5 heteroatoms. The van der Waals surface area contributed by atoms with Gasteiger partial charge in [-0.15, -0.1) is 0 Å². The Morgan fingerprint density at radius 3 is 2.81 bits per heavy atom. The van der Waals surface area contributed by atoms with Gasteiger partial charge in [0, 0.05) is 12.6 Å². The minimum absolute atomic E-state index is 0.0510. The van der Waals surface area contributed by atoms with Crippen LogP contribution in [-0.4, -0.2) is 41.4 Å². The zero-order valence-electron chi connectivity index (χ0n) is 9.61. The summed E-state index contributed by atoms with van der Waals surface area (Å²) in [6.45, 7) is 2.42. The van der Waals surface area contributed by atoms with E-state index in [4.69, 9.17) is 5.73 Å². The van der Waals surface area contributed by atoms with Gasteiger partial charge in [0.15, 0.2) is 0 Å². The highest BCUT2D eigenvalue weighted by Gasteiger charge is 2.34. The van der Waals surface area contributed by atoms with Gasteiger partial charge in [0.1, 0.15) is 6.04 Å². The van der Waals surface area contributed by atoms with E-state index in [2.05, 4.69) is 5.32 Å². The summed E-state index contributed by atoms with van der Waals surface area (Å²) < 4.78 is 0. The maximum absolute atomic E-state index is 11.8. The van der Waals surface area contributed by atoms with Gasteiger partial charge in [-0.05, 0) is 32.6 Å².